The molecule has 0 atom stereocenters. The Morgan fingerprint density at radius 1 is 1.24 bits per heavy atom. The second-order valence-electron chi connectivity index (χ2n) is 4.90. The van der Waals surface area contributed by atoms with E-state index in [0.29, 0.717) is 17.2 Å². The van der Waals surface area contributed by atoms with Gasteiger partial charge >= 0.3 is 0 Å². The molecule has 1 amide bonds. The smallest absolute Gasteiger partial charge is 0.251 e. The molecule has 106 valence electrons. The molecule has 1 heterocycles. The van der Waals surface area contributed by atoms with E-state index in [-0.39, 0.29) is 5.91 Å². The highest BCUT2D eigenvalue weighted by atomic mass is 32.1. The van der Waals surface area contributed by atoms with Crippen LogP contribution in [-0.2, 0) is 6.54 Å². The van der Waals surface area contributed by atoms with E-state index < -0.39 is 0 Å². The number of carbonyl (C=O) groups is 1. The van der Waals surface area contributed by atoms with Crippen molar-refractivity contribution in [3.05, 3.63) is 59.2 Å². The minimum Gasteiger partial charge on any atom is -0.375 e. The maximum absolute atomic E-state index is 12.2. The van der Waals surface area contributed by atoms with E-state index in [1.54, 1.807) is 6.07 Å². The zero-order valence-electron chi connectivity index (χ0n) is 11.6. The minimum absolute atomic E-state index is 0.0931. The normalized spacial score (nSPS) is 10.7. The average molecular weight is 297 g/mol. The van der Waals surface area contributed by atoms with Gasteiger partial charge in [0, 0.05) is 12.1 Å². The molecule has 3 aromatic rings. The third-order valence-electron chi connectivity index (χ3n) is 3.24. The van der Waals surface area contributed by atoms with E-state index in [4.69, 9.17) is 5.73 Å². The van der Waals surface area contributed by atoms with Gasteiger partial charge in [-0.05, 0) is 30.7 Å². The summed E-state index contributed by atoms with van der Waals surface area (Å²) in [4.78, 5) is 16.4. The molecule has 1 aromatic heterocycles. The Bertz CT molecular complexity index is 793. The van der Waals surface area contributed by atoms with Gasteiger partial charge in [-0.3, -0.25) is 4.79 Å². The van der Waals surface area contributed by atoms with Gasteiger partial charge in [0.15, 0.2) is 5.13 Å². The van der Waals surface area contributed by atoms with Crippen LogP contribution in [0.25, 0.3) is 10.2 Å². The zero-order chi connectivity index (χ0) is 14.8. The van der Waals surface area contributed by atoms with Gasteiger partial charge in [0.05, 0.1) is 10.2 Å². The maximum Gasteiger partial charge on any atom is 0.251 e. The molecule has 3 N–H and O–H groups in total. The number of benzene rings is 2. The number of nitrogens with one attached hydrogen (secondary N) is 1. The van der Waals surface area contributed by atoms with Gasteiger partial charge in [-0.1, -0.05) is 41.2 Å². The fraction of sp³-hybridized carbons (Fsp3) is 0.125. The van der Waals surface area contributed by atoms with Gasteiger partial charge in [-0.2, -0.15) is 0 Å². The lowest BCUT2D eigenvalue weighted by molar-refractivity contribution is 0.0951. The van der Waals surface area contributed by atoms with E-state index in [1.165, 1.54) is 16.9 Å². The molecule has 0 unspecified atom stereocenters. The van der Waals surface area contributed by atoms with Crippen molar-refractivity contribution in [2.45, 2.75) is 13.5 Å². The van der Waals surface area contributed by atoms with Crippen molar-refractivity contribution >= 4 is 32.6 Å². The van der Waals surface area contributed by atoms with Crippen LogP contribution < -0.4 is 11.1 Å². The second kappa shape index (κ2) is 5.54. The number of aromatic nitrogens is 1. The number of carbonyl (C=O) groups excluding carboxylic acids is 1. The van der Waals surface area contributed by atoms with Crippen LogP contribution in [0, 0.1) is 6.92 Å². The van der Waals surface area contributed by atoms with Gasteiger partial charge < -0.3 is 11.1 Å². The quantitative estimate of drug-likeness (QED) is 0.780. The highest BCUT2D eigenvalue weighted by Gasteiger charge is 2.08. The Balaban J connectivity index is 1.72. The van der Waals surface area contributed by atoms with Crippen molar-refractivity contribution < 1.29 is 4.79 Å². The summed E-state index contributed by atoms with van der Waals surface area (Å²) in [6.07, 6.45) is 0. The van der Waals surface area contributed by atoms with Crippen LogP contribution in [0.5, 0.6) is 0 Å². The number of amides is 1. The number of anilines is 1. The standard InChI is InChI=1S/C16H15N3OS/c1-10-2-4-11(5-3-10)9-18-15(20)12-6-7-13-14(8-12)21-16(17)19-13/h2-8H,9H2,1H3,(H2,17,19)(H,18,20). The van der Waals surface area contributed by atoms with Crippen LogP contribution in [0.2, 0.25) is 0 Å². The lowest BCUT2D eigenvalue weighted by atomic mass is 10.1. The molecular formula is C16H15N3OS. The third kappa shape index (κ3) is 3.03. The van der Waals surface area contributed by atoms with Gasteiger partial charge in [0.2, 0.25) is 0 Å². The molecule has 0 spiro atoms. The van der Waals surface area contributed by atoms with Crippen LogP contribution in [0.3, 0.4) is 0 Å². The number of fused-ring (bicyclic) bond motifs is 1. The first kappa shape index (κ1) is 13.6. The molecule has 2 aromatic carbocycles. The summed E-state index contributed by atoms with van der Waals surface area (Å²) in [5.41, 5.74) is 9.41. The molecule has 5 heteroatoms. The number of hydrogen-bond donors (Lipinski definition) is 2. The molecule has 0 radical (unpaired) electrons. The topological polar surface area (TPSA) is 68.0 Å². The molecule has 4 nitrogen and oxygen atoms in total. The Kier molecular flexibility index (Phi) is 3.58. The van der Waals surface area contributed by atoms with Gasteiger partial charge in [-0.25, -0.2) is 4.98 Å². The van der Waals surface area contributed by atoms with E-state index in [1.807, 2.05) is 43.3 Å². The summed E-state index contributed by atoms with van der Waals surface area (Å²) < 4.78 is 0.926. The maximum atomic E-state index is 12.2. The lowest BCUT2D eigenvalue weighted by Gasteiger charge is -2.06. The molecule has 0 fully saturated rings. The summed E-state index contributed by atoms with van der Waals surface area (Å²) in [5.74, 6) is -0.0931. The van der Waals surface area contributed by atoms with E-state index >= 15 is 0 Å². The molecule has 0 aliphatic rings. The fourth-order valence-electron chi connectivity index (χ4n) is 2.07. The molecule has 3 rings (SSSR count). The SMILES string of the molecule is Cc1ccc(CNC(=O)c2ccc3nc(N)sc3c2)cc1. The van der Waals surface area contributed by atoms with Crippen LogP contribution in [0.1, 0.15) is 21.5 Å². The summed E-state index contributed by atoms with van der Waals surface area (Å²) >= 11 is 1.39. The first-order valence-electron chi connectivity index (χ1n) is 6.61. The molecule has 21 heavy (non-hydrogen) atoms. The minimum atomic E-state index is -0.0931. The number of thiazole rings is 1. The molecule has 0 aliphatic heterocycles. The molecule has 0 saturated carbocycles. The van der Waals surface area contributed by atoms with Gasteiger partial charge in [0.1, 0.15) is 0 Å². The monoisotopic (exact) mass is 297 g/mol. The molecular weight excluding hydrogens is 282 g/mol. The van der Waals surface area contributed by atoms with Gasteiger partial charge in [-0.15, -0.1) is 0 Å². The van der Waals surface area contributed by atoms with Gasteiger partial charge in [0.25, 0.3) is 5.91 Å². The molecule has 0 bridgehead atoms. The average Bonchev–Trinajstić information content (AvgIpc) is 2.85. The Morgan fingerprint density at radius 2 is 2.00 bits per heavy atom. The summed E-state index contributed by atoms with van der Waals surface area (Å²) in [5, 5.41) is 3.44. The number of nitrogens with zero attached hydrogens (tertiary/aromatic N) is 1. The van der Waals surface area contributed by atoms with Crippen molar-refractivity contribution in [1.29, 1.82) is 0 Å². The van der Waals surface area contributed by atoms with Crippen LogP contribution >= 0.6 is 11.3 Å². The molecule has 0 aliphatic carbocycles. The van der Waals surface area contributed by atoms with E-state index in [0.717, 1.165) is 15.8 Å². The Labute approximate surface area is 126 Å². The Morgan fingerprint density at radius 3 is 2.76 bits per heavy atom. The van der Waals surface area contributed by atoms with Crippen LogP contribution in [0.15, 0.2) is 42.5 Å². The van der Waals surface area contributed by atoms with Crippen molar-refractivity contribution in [1.82, 2.24) is 10.3 Å². The largest absolute Gasteiger partial charge is 0.375 e. The number of aryl methyl sites for hydroxylation is 1. The summed E-state index contributed by atoms with van der Waals surface area (Å²) in [6.45, 7) is 2.56. The summed E-state index contributed by atoms with van der Waals surface area (Å²) in [6, 6.07) is 13.5. The van der Waals surface area contributed by atoms with E-state index in [2.05, 4.69) is 10.3 Å². The zero-order valence-corrected chi connectivity index (χ0v) is 12.4. The number of hydrogen-bond acceptors (Lipinski definition) is 4. The highest BCUT2D eigenvalue weighted by molar-refractivity contribution is 7.22. The predicted octanol–water partition coefficient (Wildman–Crippen LogP) is 3.12. The van der Waals surface area contributed by atoms with Crippen molar-refractivity contribution in [2.24, 2.45) is 0 Å². The van der Waals surface area contributed by atoms with E-state index in [9.17, 15) is 4.79 Å². The van der Waals surface area contributed by atoms with Crippen molar-refractivity contribution in [3.8, 4) is 0 Å². The summed E-state index contributed by atoms with van der Waals surface area (Å²) in [7, 11) is 0. The van der Waals surface area contributed by atoms with Crippen molar-refractivity contribution in [2.75, 3.05) is 5.73 Å². The predicted molar refractivity (Wildman–Crippen MR) is 86.4 cm³/mol. The third-order valence-corrected chi connectivity index (χ3v) is 4.09. The van der Waals surface area contributed by atoms with Crippen molar-refractivity contribution in [3.63, 3.8) is 0 Å². The fourth-order valence-corrected chi connectivity index (χ4v) is 2.85. The number of rotatable bonds is 3. The highest BCUT2D eigenvalue weighted by Crippen LogP contribution is 2.24. The first-order valence-corrected chi connectivity index (χ1v) is 7.43. The van der Waals surface area contributed by atoms with Crippen LogP contribution in [-0.4, -0.2) is 10.9 Å². The lowest BCUT2D eigenvalue weighted by Crippen LogP contribution is -2.22. The first-order chi connectivity index (χ1) is 10.1. The number of nitrogen functional groups attached to an aromatic ring is 1. The number of nitrogens with two attached hydrogens (primary N) is 1. The molecule has 0 saturated heterocycles. The second-order valence-corrected chi connectivity index (χ2v) is 5.97. The van der Waals surface area contributed by atoms with Crippen LogP contribution in [0.4, 0.5) is 5.13 Å². The Hall–Kier alpha value is -2.40.